The lowest BCUT2D eigenvalue weighted by Crippen LogP contribution is -2.21. The molecule has 1 heterocycles. The Hall–Kier alpha value is -0.870. The van der Waals surface area contributed by atoms with Crippen molar-refractivity contribution < 1.29 is 4.74 Å². The topological polar surface area (TPSA) is 47.0 Å². The number of nitrogens with one attached hydrogen (secondary N) is 1. The Morgan fingerprint density at radius 3 is 2.87 bits per heavy atom. The van der Waals surface area contributed by atoms with E-state index < -0.39 is 0 Å². The van der Waals surface area contributed by atoms with Crippen LogP contribution in [0.2, 0.25) is 5.15 Å². The highest BCUT2D eigenvalue weighted by molar-refractivity contribution is 6.29. The third-order valence-corrected chi connectivity index (χ3v) is 2.06. The summed E-state index contributed by atoms with van der Waals surface area (Å²) >= 11 is 5.87. The summed E-state index contributed by atoms with van der Waals surface area (Å²) in [5.41, 5.74) is 0. The number of hydrogen-bond donors (Lipinski definition) is 1. The lowest BCUT2D eigenvalue weighted by Gasteiger charge is -2.13. The number of aryl methyl sites for hydroxylation is 1. The minimum absolute atomic E-state index is 0.200. The van der Waals surface area contributed by atoms with E-state index in [1.807, 2.05) is 13.8 Å². The van der Waals surface area contributed by atoms with Crippen LogP contribution in [-0.4, -0.2) is 29.7 Å². The standard InChI is InChI=1S/C10H16ClN3O/c1-4-9-13-8(11)5-10(14-9)12-7(2)6-15-3/h5,7H,4,6H2,1-3H3,(H,12,13,14). The average molecular weight is 230 g/mol. The largest absolute Gasteiger partial charge is 0.383 e. The molecule has 1 unspecified atom stereocenters. The van der Waals surface area contributed by atoms with Gasteiger partial charge in [0.15, 0.2) is 0 Å². The lowest BCUT2D eigenvalue weighted by molar-refractivity contribution is 0.190. The Balaban J connectivity index is 2.71. The number of ether oxygens (including phenoxy) is 1. The van der Waals surface area contributed by atoms with Crippen LogP contribution in [0.25, 0.3) is 0 Å². The first-order valence-electron chi connectivity index (χ1n) is 4.94. The Morgan fingerprint density at radius 1 is 1.53 bits per heavy atom. The number of aromatic nitrogens is 2. The van der Waals surface area contributed by atoms with Crippen molar-refractivity contribution in [3.63, 3.8) is 0 Å². The van der Waals surface area contributed by atoms with E-state index in [2.05, 4.69) is 15.3 Å². The van der Waals surface area contributed by atoms with E-state index in [0.29, 0.717) is 11.8 Å². The quantitative estimate of drug-likeness (QED) is 0.786. The molecular weight excluding hydrogens is 214 g/mol. The first-order chi connectivity index (χ1) is 7.15. The van der Waals surface area contributed by atoms with Gasteiger partial charge < -0.3 is 10.1 Å². The van der Waals surface area contributed by atoms with E-state index in [9.17, 15) is 0 Å². The Kier molecular flexibility index (Phi) is 4.78. The summed E-state index contributed by atoms with van der Waals surface area (Å²) in [6.07, 6.45) is 0.772. The van der Waals surface area contributed by atoms with Crippen LogP contribution in [0.5, 0.6) is 0 Å². The highest BCUT2D eigenvalue weighted by Crippen LogP contribution is 2.12. The van der Waals surface area contributed by atoms with Crippen LogP contribution in [0.1, 0.15) is 19.7 Å². The van der Waals surface area contributed by atoms with Crippen LogP contribution in [-0.2, 0) is 11.2 Å². The lowest BCUT2D eigenvalue weighted by atomic mass is 10.3. The maximum Gasteiger partial charge on any atom is 0.134 e. The van der Waals surface area contributed by atoms with Crippen LogP contribution in [0.3, 0.4) is 0 Å². The molecule has 0 bridgehead atoms. The molecule has 4 nitrogen and oxygen atoms in total. The van der Waals surface area contributed by atoms with E-state index >= 15 is 0 Å². The molecule has 0 aliphatic carbocycles. The van der Waals surface area contributed by atoms with E-state index in [4.69, 9.17) is 16.3 Å². The number of methoxy groups -OCH3 is 1. The maximum atomic E-state index is 5.87. The number of halogens is 1. The van der Waals surface area contributed by atoms with Gasteiger partial charge in [0, 0.05) is 25.6 Å². The fraction of sp³-hybridized carbons (Fsp3) is 0.600. The van der Waals surface area contributed by atoms with Gasteiger partial charge in [-0.2, -0.15) is 0 Å². The molecule has 1 rings (SSSR count). The van der Waals surface area contributed by atoms with Crippen LogP contribution in [0.15, 0.2) is 6.07 Å². The second kappa shape index (κ2) is 5.88. The molecule has 84 valence electrons. The van der Waals surface area contributed by atoms with Gasteiger partial charge in [-0.15, -0.1) is 0 Å². The first-order valence-corrected chi connectivity index (χ1v) is 5.32. The average Bonchev–Trinajstić information content (AvgIpc) is 2.17. The van der Waals surface area contributed by atoms with Gasteiger partial charge in [0.25, 0.3) is 0 Å². The molecule has 0 radical (unpaired) electrons. The zero-order chi connectivity index (χ0) is 11.3. The molecule has 1 aromatic rings. The highest BCUT2D eigenvalue weighted by Gasteiger charge is 2.05. The van der Waals surface area contributed by atoms with Crippen molar-refractivity contribution >= 4 is 17.4 Å². The summed E-state index contributed by atoms with van der Waals surface area (Å²) < 4.78 is 5.02. The molecule has 0 saturated heterocycles. The van der Waals surface area contributed by atoms with Crippen LogP contribution in [0, 0.1) is 0 Å². The highest BCUT2D eigenvalue weighted by atomic mass is 35.5. The van der Waals surface area contributed by atoms with Crippen molar-refractivity contribution in [2.45, 2.75) is 26.3 Å². The molecule has 0 saturated carbocycles. The van der Waals surface area contributed by atoms with Gasteiger partial charge in [-0.1, -0.05) is 18.5 Å². The van der Waals surface area contributed by atoms with Crippen molar-refractivity contribution in [1.82, 2.24) is 9.97 Å². The third-order valence-electron chi connectivity index (χ3n) is 1.87. The van der Waals surface area contributed by atoms with Gasteiger partial charge in [0.2, 0.25) is 0 Å². The second-order valence-corrected chi connectivity index (χ2v) is 3.73. The maximum absolute atomic E-state index is 5.87. The number of hydrogen-bond acceptors (Lipinski definition) is 4. The smallest absolute Gasteiger partial charge is 0.134 e. The fourth-order valence-electron chi connectivity index (χ4n) is 1.24. The van der Waals surface area contributed by atoms with Gasteiger partial charge in [-0.25, -0.2) is 9.97 Å². The van der Waals surface area contributed by atoms with Crippen molar-refractivity contribution in [3.8, 4) is 0 Å². The second-order valence-electron chi connectivity index (χ2n) is 3.35. The summed E-state index contributed by atoms with van der Waals surface area (Å²) in [5, 5.41) is 3.66. The molecular formula is C10H16ClN3O. The molecule has 1 N–H and O–H groups in total. The SMILES string of the molecule is CCc1nc(Cl)cc(NC(C)COC)n1. The Bertz CT molecular complexity index is 320. The van der Waals surface area contributed by atoms with Crippen molar-refractivity contribution in [2.75, 3.05) is 19.0 Å². The van der Waals surface area contributed by atoms with E-state index in [-0.39, 0.29) is 6.04 Å². The summed E-state index contributed by atoms with van der Waals surface area (Å²) in [4.78, 5) is 8.40. The van der Waals surface area contributed by atoms with Gasteiger partial charge in [0.05, 0.1) is 6.61 Å². The van der Waals surface area contributed by atoms with E-state index in [1.165, 1.54) is 0 Å². The van der Waals surface area contributed by atoms with Crippen molar-refractivity contribution in [3.05, 3.63) is 17.0 Å². The van der Waals surface area contributed by atoms with Crippen LogP contribution < -0.4 is 5.32 Å². The molecule has 0 aromatic carbocycles. The monoisotopic (exact) mass is 229 g/mol. The summed E-state index contributed by atoms with van der Waals surface area (Å²) in [5.74, 6) is 1.49. The molecule has 0 aliphatic heterocycles. The minimum atomic E-state index is 0.200. The van der Waals surface area contributed by atoms with Gasteiger partial charge in [-0.05, 0) is 6.92 Å². The predicted molar refractivity (Wildman–Crippen MR) is 61.4 cm³/mol. The van der Waals surface area contributed by atoms with E-state index in [0.717, 1.165) is 18.1 Å². The third kappa shape index (κ3) is 4.01. The normalized spacial score (nSPS) is 12.5. The predicted octanol–water partition coefficient (Wildman–Crippen LogP) is 2.14. The summed E-state index contributed by atoms with van der Waals surface area (Å²) in [7, 11) is 1.67. The van der Waals surface area contributed by atoms with Gasteiger partial charge in [0.1, 0.15) is 16.8 Å². The molecule has 5 heteroatoms. The van der Waals surface area contributed by atoms with Gasteiger partial charge in [-0.3, -0.25) is 0 Å². The molecule has 0 fully saturated rings. The molecule has 1 atom stereocenters. The zero-order valence-corrected chi connectivity index (χ0v) is 10.0. The molecule has 0 spiro atoms. The molecule has 15 heavy (non-hydrogen) atoms. The molecule has 0 amide bonds. The zero-order valence-electron chi connectivity index (χ0n) is 9.25. The fourth-order valence-corrected chi connectivity index (χ4v) is 1.44. The van der Waals surface area contributed by atoms with Gasteiger partial charge >= 0.3 is 0 Å². The number of rotatable bonds is 5. The van der Waals surface area contributed by atoms with E-state index in [1.54, 1.807) is 13.2 Å². The Labute approximate surface area is 95.0 Å². The molecule has 1 aromatic heterocycles. The molecule has 0 aliphatic rings. The number of anilines is 1. The Morgan fingerprint density at radius 2 is 2.27 bits per heavy atom. The summed E-state index contributed by atoms with van der Waals surface area (Å²) in [6, 6.07) is 1.91. The van der Waals surface area contributed by atoms with Crippen molar-refractivity contribution in [2.24, 2.45) is 0 Å². The minimum Gasteiger partial charge on any atom is -0.383 e. The number of nitrogens with zero attached hydrogens (tertiary/aromatic N) is 2. The summed E-state index contributed by atoms with van der Waals surface area (Å²) in [6.45, 7) is 4.64. The first kappa shape index (κ1) is 12.2. The van der Waals surface area contributed by atoms with Crippen LogP contribution >= 0.6 is 11.6 Å². The van der Waals surface area contributed by atoms with Crippen LogP contribution in [0.4, 0.5) is 5.82 Å². The van der Waals surface area contributed by atoms with Crippen molar-refractivity contribution in [1.29, 1.82) is 0 Å².